The Balaban J connectivity index is 1.74. The zero-order chi connectivity index (χ0) is 14.9. The van der Waals surface area contributed by atoms with Crippen LogP contribution < -0.4 is 5.32 Å². The summed E-state index contributed by atoms with van der Waals surface area (Å²) in [6.07, 6.45) is 0.831. The summed E-state index contributed by atoms with van der Waals surface area (Å²) in [4.78, 5) is 13.0. The predicted octanol–water partition coefficient (Wildman–Crippen LogP) is 2.25. The molecule has 5 nitrogen and oxygen atoms in total. The van der Waals surface area contributed by atoms with Crippen molar-refractivity contribution in [3.63, 3.8) is 0 Å². The summed E-state index contributed by atoms with van der Waals surface area (Å²) in [5, 5.41) is 13.1. The van der Waals surface area contributed by atoms with E-state index in [4.69, 9.17) is 4.74 Å². The topological polar surface area (TPSA) is 61.8 Å². The highest BCUT2D eigenvalue weighted by molar-refractivity contribution is 5.66. The molecule has 1 amide bonds. The molecule has 2 aliphatic heterocycles. The average molecular weight is 290 g/mol. The third-order valence-corrected chi connectivity index (χ3v) is 4.43. The zero-order valence-electron chi connectivity index (χ0n) is 12.3. The normalized spacial score (nSPS) is 28.0. The number of ether oxygens (including phenoxy) is 1. The van der Waals surface area contributed by atoms with Gasteiger partial charge in [-0.05, 0) is 25.3 Å². The number of hydrogen-bond acceptors (Lipinski definition) is 3. The van der Waals surface area contributed by atoms with Gasteiger partial charge in [-0.15, -0.1) is 0 Å². The van der Waals surface area contributed by atoms with Crippen molar-refractivity contribution in [3.05, 3.63) is 35.9 Å². The fourth-order valence-electron chi connectivity index (χ4n) is 3.30. The van der Waals surface area contributed by atoms with Crippen LogP contribution in [0.2, 0.25) is 0 Å². The Bertz CT molecular complexity index is 502. The summed E-state index contributed by atoms with van der Waals surface area (Å²) in [5.41, 5.74) is 1.12. The number of piperidine rings is 1. The van der Waals surface area contributed by atoms with E-state index in [1.165, 1.54) is 0 Å². The summed E-state index contributed by atoms with van der Waals surface area (Å²) in [6, 6.07) is 10.2. The minimum Gasteiger partial charge on any atom is -0.465 e. The summed E-state index contributed by atoms with van der Waals surface area (Å²) >= 11 is 0. The van der Waals surface area contributed by atoms with Crippen molar-refractivity contribution < 1.29 is 14.6 Å². The van der Waals surface area contributed by atoms with Gasteiger partial charge in [-0.3, -0.25) is 0 Å². The number of carbonyl (C=O) groups is 1. The van der Waals surface area contributed by atoms with Crippen molar-refractivity contribution in [2.45, 2.75) is 37.4 Å². The van der Waals surface area contributed by atoms with E-state index in [0.717, 1.165) is 31.6 Å². The van der Waals surface area contributed by atoms with Crippen LogP contribution in [0.4, 0.5) is 4.79 Å². The molecule has 0 spiro atoms. The van der Waals surface area contributed by atoms with Crippen LogP contribution in [0.25, 0.3) is 0 Å². The number of carboxylic acid groups (broad SMARTS) is 1. The number of benzene rings is 1. The standard InChI is InChI=1S/C16H22N2O3/c1-16(10-21-11-16)17-13-7-8-18(15(19)20)14(9-13)12-5-3-2-4-6-12/h2-6,13-14,17H,7-11H2,1H3,(H,19,20)/t13?,14-/m1/s1. The molecular formula is C16H22N2O3. The summed E-state index contributed by atoms with van der Waals surface area (Å²) in [7, 11) is 0. The molecule has 5 heteroatoms. The average Bonchev–Trinajstić information content (AvgIpc) is 2.46. The van der Waals surface area contributed by atoms with Gasteiger partial charge in [0.25, 0.3) is 0 Å². The molecule has 0 bridgehead atoms. The lowest BCUT2D eigenvalue weighted by atomic mass is 9.89. The molecule has 0 saturated carbocycles. The molecule has 2 fully saturated rings. The van der Waals surface area contributed by atoms with Crippen LogP contribution in [0.3, 0.4) is 0 Å². The molecule has 0 radical (unpaired) electrons. The van der Waals surface area contributed by atoms with Crippen LogP contribution in [-0.2, 0) is 4.74 Å². The van der Waals surface area contributed by atoms with Crippen LogP contribution in [0.15, 0.2) is 30.3 Å². The van der Waals surface area contributed by atoms with E-state index >= 15 is 0 Å². The molecular weight excluding hydrogens is 268 g/mol. The molecule has 114 valence electrons. The lowest BCUT2D eigenvalue weighted by molar-refractivity contribution is -0.0734. The summed E-state index contributed by atoms with van der Waals surface area (Å²) < 4.78 is 5.28. The lowest BCUT2D eigenvalue weighted by Gasteiger charge is -2.45. The maximum absolute atomic E-state index is 11.5. The maximum Gasteiger partial charge on any atom is 0.407 e. The maximum atomic E-state index is 11.5. The fraction of sp³-hybridized carbons (Fsp3) is 0.562. The number of likely N-dealkylation sites (tertiary alicyclic amines) is 1. The minimum atomic E-state index is -0.833. The van der Waals surface area contributed by atoms with Gasteiger partial charge in [0.15, 0.2) is 0 Å². The number of amides is 1. The van der Waals surface area contributed by atoms with Gasteiger partial charge in [-0.25, -0.2) is 4.79 Å². The van der Waals surface area contributed by atoms with Gasteiger partial charge in [0.2, 0.25) is 0 Å². The largest absolute Gasteiger partial charge is 0.465 e. The Morgan fingerprint density at radius 1 is 1.38 bits per heavy atom. The van der Waals surface area contributed by atoms with E-state index in [9.17, 15) is 9.90 Å². The lowest BCUT2D eigenvalue weighted by Crippen LogP contribution is -2.62. The quantitative estimate of drug-likeness (QED) is 0.896. The molecule has 21 heavy (non-hydrogen) atoms. The molecule has 3 rings (SSSR count). The van der Waals surface area contributed by atoms with Gasteiger partial charge in [-0.2, -0.15) is 0 Å². The van der Waals surface area contributed by atoms with E-state index in [-0.39, 0.29) is 11.6 Å². The first kappa shape index (κ1) is 14.4. The first-order valence-electron chi connectivity index (χ1n) is 7.47. The van der Waals surface area contributed by atoms with Crippen molar-refractivity contribution in [1.29, 1.82) is 0 Å². The number of rotatable bonds is 3. The molecule has 1 aromatic carbocycles. The molecule has 2 saturated heterocycles. The Kier molecular flexibility index (Phi) is 3.87. The van der Waals surface area contributed by atoms with Crippen molar-refractivity contribution in [2.75, 3.05) is 19.8 Å². The molecule has 2 atom stereocenters. The number of hydrogen-bond donors (Lipinski definition) is 2. The van der Waals surface area contributed by atoms with Gasteiger partial charge in [0, 0.05) is 12.6 Å². The molecule has 2 aliphatic rings. The Hall–Kier alpha value is -1.59. The highest BCUT2D eigenvalue weighted by Crippen LogP contribution is 2.32. The van der Waals surface area contributed by atoms with Crippen LogP contribution in [-0.4, -0.2) is 47.4 Å². The third kappa shape index (κ3) is 3.04. The number of nitrogens with one attached hydrogen (secondary N) is 1. The fourth-order valence-corrected chi connectivity index (χ4v) is 3.30. The van der Waals surface area contributed by atoms with Crippen LogP contribution in [0.5, 0.6) is 0 Å². The van der Waals surface area contributed by atoms with Crippen LogP contribution in [0, 0.1) is 0 Å². The van der Waals surface area contributed by atoms with Crippen molar-refractivity contribution >= 4 is 6.09 Å². The summed E-state index contributed by atoms with van der Waals surface area (Å²) in [6.45, 7) is 4.21. The third-order valence-electron chi connectivity index (χ3n) is 4.43. The van der Waals surface area contributed by atoms with E-state index in [2.05, 4.69) is 12.2 Å². The van der Waals surface area contributed by atoms with Crippen molar-refractivity contribution in [3.8, 4) is 0 Å². The minimum absolute atomic E-state index is 0.0529. The van der Waals surface area contributed by atoms with E-state index in [1.807, 2.05) is 30.3 Å². The highest BCUT2D eigenvalue weighted by Gasteiger charge is 2.39. The Labute approximate surface area is 124 Å². The van der Waals surface area contributed by atoms with Crippen molar-refractivity contribution in [1.82, 2.24) is 10.2 Å². The highest BCUT2D eigenvalue weighted by atomic mass is 16.5. The molecule has 2 N–H and O–H groups in total. The predicted molar refractivity (Wildman–Crippen MR) is 79.3 cm³/mol. The Morgan fingerprint density at radius 3 is 2.67 bits per heavy atom. The molecule has 1 unspecified atom stereocenters. The van der Waals surface area contributed by atoms with Gasteiger partial charge in [-0.1, -0.05) is 30.3 Å². The second-order valence-corrected chi connectivity index (χ2v) is 6.32. The van der Waals surface area contributed by atoms with Gasteiger partial charge < -0.3 is 20.1 Å². The van der Waals surface area contributed by atoms with Gasteiger partial charge in [0.1, 0.15) is 0 Å². The second-order valence-electron chi connectivity index (χ2n) is 6.32. The smallest absolute Gasteiger partial charge is 0.407 e. The Morgan fingerprint density at radius 2 is 2.10 bits per heavy atom. The first-order chi connectivity index (χ1) is 10.1. The van der Waals surface area contributed by atoms with Crippen LogP contribution >= 0.6 is 0 Å². The van der Waals surface area contributed by atoms with E-state index in [1.54, 1.807) is 4.90 Å². The zero-order valence-corrected chi connectivity index (χ0v) is 12.3. The summed E-state index contributed by atoms with van der Waals surface area (Å²) in [5.74, 6) is 0. The van der Waals surface area contributed by atoms with Gasteiger partial charge in [0.05, 0.1) is 24.8 Å². The number of nitrogens with zero attached hydrogens (tertiary/aromatic N) is 1. The van der Waals surface area contributed by atoms with Crippen LogP contribution in [0.1, 0.15) is 31.4 Å². The van der Waals surface area contributed by atoms with Crippen molar-refractivity contribution in [2.24, 2.45) is 0 Å². The monoisotopic (exact) mass is 290 g/mol. The van der Waals surface area contributed by atoms with E-state index < -0.39 is 6.09 Å². The molecule has 1 aromatic rings. The molecule has 0 aliphatic carbocycles. The van der Waals surface area contributed by atoms with E-state index in [0.29, 0.717) is 12.6 Å². The molecule has 0 aromatic heterocycles. The SMILES string of the molecule is CC1(NC2CCN(C(=O)O)[C@@H](c3ccccc3)C2)COC1. The second kappa shape index (κ2) is 5.66. The van der Waals surface area contributed by atoms with Gasteiger partial charge >= 0.3 is 6.09 Å². The molecule has 2 heterocycles. The first-order valence-corrected chi connectivity index (χ1v) is 7.47.